The molecule has 0 saturated heterocycles. The molecule has 8 nitrogen and oxygen atoms in total. The van der Waals surface area contributed by atoms with Gasteiger partial charge in [0.2, 0.25) is 5.91 Å². The van der Waals surface area contributed by atoms with Crippen LogP contribution in [0.1, 0.15) is 5.56 Å². The maximum Gasteiger partial charge on any atom is 0.442 e. The molecule has 0 aliphatic carbocycles. The summed E-state index contributed by atoms with van der Waals surface area (Å²) in [6.45, 7) is -0.613. The number of ether oxygens (including phenoxy) is 2. The van der Waals surface area contributed by atoms with Crippen molar-refractivity contribution in [2.45, 2.75) is 12.7 Å². The first kappa shape index (κ1) is 21.0. The number of carbonyl (C=O) groups excluding carboxylic acids is 1. The van der Waals surface area contributed by atoms with E-state index in [9.17, 15) is 22.8 Å². The van der Waals surface area contributed by atoms with Crippen LogP contribution < -0.4 is 20.5 Å². The minimum atomic E-state index is -4.65. The van der Waals surface area contributed by atoms with Crippen LogP contribution in [0.4, 0.5) is 18.9 Å². The predicted molar refractivity (Wildman–Crippen MR) is 99.4 cm³/mol. The molecule has 0 atom stereocenters. The molecule has 2 aromatic carbocycles. The van der Waals surface area contributed by atoms with E-state index in [0.717, 1.165) is 16.7 Å². The zero-order valence-corrected chi connectivity index (χ0v) is 15.8. The molecule has 0 spiro atoms. The Kier molecular flexibility index (Phi) is 5.81. The van der Waals surface area contributed by atoms with Gasteiger partial charge in [0.25, 0.3) is 0 Å². The number of aromatic nitrogens is 2. The van der Waals surface area contributed by atoms with Crippen LogP contribution in [0, 0.1) is 0 Å². The zero-order chi connectivity index (χ0) is 21.9. The third-order valence-corrected chi connectivity index (χ3v) is 4.14. The molecule has 0 aliphatic heterocycles. The van der Waals surface area contributed by atoms with Gasteiger partial charge in [-0.3, -0.25) is 9.32 Å². The molecule has 30 heavy (non-hydrogen) atoms. The standard InChI is InChI=1S/C19H16F3N3O5/c1-28-14-8-7-11(9-15(14)29-2)17-24-30-18(27)25(17)10-16(26)23-13-6-4-3-5-12(13)19(20,21)22/h3-9H,10H2,1-2H3,(H,23,26). The maximum atomic E-state index is 13.1. The van der Waals surface area contributed by atoms with Crippen molar-refractivity contribution in [3.8, 4) is 22.9 Å². The van der Waals surface area contributed by atoms with Gasteiger partial charge in [0.05, 0.1) is 25.5 Å². The SMILES string of the molecule is COc1ccc(-c2noc(=O)n2CC(=O)Nc2ccccc2C(F)(F)F)cc1OC. The summed E-state index contributed by atoms with van der Waals surface area (Å²) in [5.41, 5.74) is -1.05. The fraction of sp³-hybridized carbons (Fsp3) is 0.211. The van der Waals surface area contributed by atoms with Gasteiger partial charge in [0.15, 0.2) is 17.3 Å². The number of hydrogen-bond acceptors (Lipinski definition) is 6. The van der Waals surface area contributed by atoms with Crippen molar-refractivity contribution >= 4 is 11.6 Å². The van der Waals surface area contributed by atoms with E-state index in [-0.39, 0.29) is 5.82 Å². The van der Waals surface area contributed by atoms with Crippen molar-refractivity contribution in [3.05, 3.63) is 58.6 Å². The number of rotatable bonds is 6. The minimum Gasteiger partial charge on any atom is -0.493 e. The van der Waals surface area contributed by atoms with Crippen molar-refractivity contribution in [2.75, 3.05) is 19.5 Å². The number of methoxy groups -OCH3 is 2. The Balaban J connectivity index is 1.89. The lowest BCUT2D eigenvalue weighted by Gasteiger charge is -2.14. The second-order valence-electron chi connectivity index (χ2n) is 6.02. The number of benzene rings is 2. The molecule has 1 N–H and O–H groups in total. The Morgan fingerprint density at radius 3 is 2.50 bits per heavy atom. The van der Waals surface area contributed by atoms with Crippen LogP contribution in [-0.2, 0) is 17.5 Å². The number of halogens is 3. The topological polar surface area (TPSA) is 95.6 Å². The highest BCUT2D eigenvalue weighted by Gasteiger charge is 2.33. The Bertz CT molecular complexity index is 1120. The lowest BCUT2D eigenvalue weighted by molar-refractivity contribution is -0.137. The highest BCUT2D eigenvalue weighted by Crippen LogP contribution is 2.35. The lowest BCUT2D eigenvalue weighted by atomic mass is 10.1. The Morgan fingerprint density at radius 1 is 1.13 bits per heavy atom. The van der Waals surface area contributed by atoms with Crippen LogP contribution in [0.2, 0.25) is 0 Å². The van der Waals surface area contributed by atoms with Gasteiger partial charge >= 0.3 is 11.9 Å². The highest BCUT2D eigenvalue weighted by atomic mass is 19.4. The van der Waals surface area contributed by atoms with E-state index in [4.69, 9.17) is 9.47 Å². The number of carbonyl (C=O) groups is 1. The van der Waals surface area contributed by atoms with Crippen molar-refractivity contribution in [1.82, 2.24) is 9.72 Å². The highest BCUT2D eigenvalue weighted by molar-refractivity contribution is 5.91. The summed E-state index contributed by atoms with van der Waals surface area (Å²) in [5.74, 6) is -1.03. The van der Waals surface area contributed by atoms with Crippen molar-refractivity contribution in [3.63, 3.8) is 0 Å². The van der Waals surface area contributed by atoms with E-state index >= 15 is 0 Å². The predicted octanol–water partition coefficient (Wildman–Crippen LogP) is 3.18. The largest absolute Gasteiger partial charge is 0.493 e. The molecule has 1 aromatic heterocycles. The molecule has 0 saturated carbocycles. The molecule has 0 radical (unpaired) electrons. The molecule has 3 rings (SSSR count). The third kappa shape index (κ3) is 4.29. The number of hydrogen-bond donors (Lipinski definition) is 1. The number of nitrogens with one attached hydrogen (secondary N) is 1. The van der Waals surface area contributed by atoms with Gasteiger partial charge in [-0.15, -0.1) is 0 Å². The number of para-hydroxylation sites is 1. The minimum absolute atomic E-state index is 0.000194. The van der Waals surface area contributed by atoms with Crippen LogP contribution in [0.15, 0.2) is 51.8 Å². The summed E-state index contributed by atoms with van der Waals surface area (Å²) in [6.07, 6.45) is -4.65. The van der Waals surface area contributed by atoms with Gasteiger partial charge in [0, 0.05) is 5.56 Å². The van der Waals surface area contributed by atoms with E-state index < -0.39 is 35.6 Å². The average molecular weight is 423 g/mol. The number of anilines is 1. The summed E-state index contributed by atoms with van der Waals surface area (Å²) >= 11 is 0. The molecule has 11 heteroatoms. The van der Waals surface area contributed by atoms with Gasteiger partial charge in [0.1, 0.15) is 6.54 Å². The molecule has 0 aliphatic rings. The van der Waals surface area contributed by atoms with Crippen molar-refractivity contribution < 1.29 is 32.0 Å². The fourth-order valence-electron chi connectivity index (χ4n) is 2.76. The van der Waals surface area contributed by atoms with E-state index in [1.54, 1.807) is 12.1 Å². The van der Waals surface area contributed by atoms with Crippen LogP contribution in [0.3, 0.4) is 0 Å². The van der Waals surface area contributed by atoms with E-state index in [0.29, 0.717) is 17.1 Å². The maximum absolute atomic E-state index is 13.1. The zero-order valence-electron chi connectivity index (χ0n) is 15.8. The molecule has 0 fully saturated rings. The Labute approximate surface area is 167 Å². The van der Waals surface area contributed by atoms with Gasteiger partial charge < -0.3 is 14.8 Å². The molecule has 3 aromatic rings. The summed E-state index contributed by atoms with van der Waals surface area (Å²) in [4.78, 5) is 24.4. The molecule has 1 heterocycles. The first-order chi connectivity index (χ1) is 14.2. The van der Waals surface area contributed by atoms with Crippen molar-refractivity contribution in [2.24, 2.45) is 0 Å². The van der Waals surface area contributed by atoms with Crippen molar-refractivity contribution in [1.29, 1.82) is 0 Å². The molecule has 158 valence electrons. The average Bonchev–Trinajstić information content (AvgIpc) is 3.07. The quantitative estimate of drug-likeness (QED) is 0.654. The normalized spacial score (nSPS) is 11.2. The lowest BCUT2D eigenvalue weighted by Crippen LogP contribution is -2.26. The molecule has 1 amide bonds. The summed E-state index contributed by atoms with van der Waals surface area (Å²) in [7, 11) is 2.87. The Morgan fingerprint density at radius 2 is 1.83 bits per heavy atom. The number of amides is 1. The Hall–Kier alpha value is -3.76. The fourth-order valence-corrected chi connectivity index (χ4v) is 2.76. The second-order valence-corrected chi connectivity index (χ2v) is 6.02. The van der Waals surface area contributed by atoms with Crippen LogP contribution in [0.5, 0.6) is 11.5 Å². The first-order valence-corrected chi connectivity index (χ1v) is 8.49. The van der Waals surface area contributed by atoms with E-state index in [1.165, 1.54) is 32.4 Å². The second kappa shape index (κ2) is 8.31. The summed E-state index contributed by atoms with van der Waals surface area (Å²) in [6, 6.07) is 9.17. The first-order valence-electron chi connectivity index (χ1n) is 8.49. The van der Waals surface area contributed by atoms with Crippen LogP contribution in [-0.4, -0.2) is 29.9 Å². The smallest absolute Gasteiger partial charge is 0.442 e. The molecule has 0 unspecified atom stereocenters. The van der Waals surface area contributed by atoms with Crippen LogP contribution in [0.25, 0.3) is 11.4 Å². The monoisotopic (exact) mass is 423 g/mol. The molecular weight excluding hydrogens is 407 g/mol. The van der Waals surface area contributed by atoms with Gasteiger partial charge in [-0.2, -0.15) is 13.2 Å². The van der Waals surface area contributed by atoms with Gasteiger partial charge in [-0.1, -0.05) is 17.3 Å². The van der Waals surface area contributed by atoms with Gasteiger partial charge in [-0.25, -0.2) is 9.36 Å². The molecule has 0 bridgehead atoms. The van der Waals surface area contributed by atoms with Gasteiger partial charge in [-0.05, 0) is 30.3 Å². The molecular formula is C19H16F3N3O5. The third-order valence-electron chi connectivity index (χ3n) is 4.14. The van der Waals surface area contributed by atoms with Crippen LogP contribution >= 0.6 is 0 Å². The van der Waals surface area contributed by atoms with E-state index in [1.807, 2.05) is 0 Å². The number of nitrogens with zero attached hydrogens (tertiary/aromatic N) is 2. The van der Waals surface area contributed by atoms with E-state index in [2.05, 4.69) is 15.0 Å². The summed E-state index contributed by atoms with van der Waals surface area (Å²) in [5, 5.41) is 5.82. The number of alkyl halides is 3. The summed E-state index contributed by atoms with van der Waals surface area (Å²) < 4.78 is 55.2.